The van der Waals surface area contributed by atoms with E-state index in [9.17, 15) is 10.1 Å². The number of nitro groups is 1. The second-order valence-corrected chi connectivity index (χ2v) is 4.50. The van der Waals surface area contributed by atoms with E-state index in [4.69, 9.17) is 5.73 Å². The van der Waals surface area contributed by atoms with E-state index in [2.05, 4.69) is 4.98 Å². The Balaban J connectivity index is 2.35. The molecule has 0 saturated carbocycles. The van der Waals surface area contributed by atoms with Crippen molar-refractivity contribution < 1.29 is 4.92 Å². The minimum absolute atomic E-state index is 0.130. The number of nitrogens with zero attached hydrogens (tertiary/aromatic N) is 3. The van der Waals surface area contributed by atoms with Gasteiger partial charge in [-0.3, -0.25) is 4.40 Å². The summed E-state index contributed by atoms with van der Waals surface area (Å²) >= 11 is 0. The molecule has 2 N–H and O–H groups in total. The molecule has 3 aromatic rings. The van der Waals surface area contributed by atoms with Crippen molar-refractivity contribution in [2.75, 3.05) is 5.73 Å². The number of nitrogen functional groups attached to an aromatic ring is 1. The van der Waals surface area contributed by atoms with Crippen LogP contribution in [0.1, 0.15) is 5.82 Å². The number of aryl methyl sites for hydroxylation is 1. The normalized spacial score (nSPS) is 10.8. The molecule has 0 unspecified atom stereocenters. The first-order valence-electron chi connectivity index (χ1n) is 6.06. The summed E-state index contributed by atoms with van der Waals surface area (Å²) in [6.07, 6.45) is 1.77. The van der Waals surface area contributed by atoms with Crippen LogP contribution in [0.5, 0.6) is 0 Å². The Morgan fingerprint density at radius 1 is 1.25 bits per heavy atom. The summed E-state index contributed by atoms with van der Waals surface area (Å²) in [6.45, 7) is 1.74. The molecule has 0 spiro atoms. The molecule has 0 fully saturated rings. The van der Waals surface area contributed by atoms with Crippen LogP contribution in [-0.2, 0) is 0 Å². The SMILES string of the molecule is Cc1nc([N+](=O)[O-])c2c(-c3ccc(N)cc3)cccn12. The van der Waals surface area contributed by atoms with Gasteiger partial charge in [-0.05, 0) is 33.7 Å². The van der Waals surface area contributed by atoms with Crippen molar-refractivity contribution in [2.45, 2.75) is 6.92 Å². The monoisotopic (exact) mass is 268 g/mol. The zero-order valence-electron chi connectivity index (χ0n) is 10.8. The quantitative estimate of drug-likeness (QED) is 0.440. The molecule has 0 bridgehead atoms. The predicted molar refractivity (Wildman–Crippen MR) is 76.4 cm³/mol. The highest BCUT2D eigenvalue weighted by Crippen LogP contribution is 2.31. The summed E-state index contributed by atoms with van der Waals surface area (Å²) in [5.41, 5.74) is 8.46. The summed E-state index contributed by atoms with van der Waals surface area (Å²) in [5, 5.41) is 11.2. The van der Waals surface area contributed by atoms with Crippen molar-refractivity contribution in [3.8, 4) is 11.1 Å². The third-order valence-corrected chi connectivity index (χ3v) is 3.22. The molecule has 0 aliphatic carbocycles. The fraction of sp³-hybridized carbons (Fsp3) is 0.0714. The molecule has 20 heavy (non-hydrogen) atoms. The number of benzene rings is 1. The Bertz CT molecular complexity index is 806. The average Bonchev–Trinajstić information content (AvgIpc) is 2.78. The Morgan fingerprint density at radius 2 is 1.95 bits per heavy atom. The Hall–Kier alpha value is -2.89. The number of imidazole rings is 1. The van der Waals surface area contributed by atoms with Crippen molar-refractivity contribution >= 4 is 17.0 Å². The lowest BCUT2D eigenvalue weighted by Gasteiger charge is -2.05. The second-order valence-electron chi connectivity index (χ2n) is 4.50. The number of fused-ring (bicyclic) bond motifs is 1. The number of hydrogen-bond acceptors (Lipinski definition) is 4. The van der Waals surface area contributed by atoms with Crippen LogP contribution in [0.15, 0.2) is 42.6 Å². The van der Waals surface area contributed by atoms with E-state index in [0.717, 1.165) is 11.1 Å². The van der Waals surface area contributed by atoms with Crippen LogP contribution in [0.4, 0.5) is 11.5 Å². The predicted octanol–water partition coefficient (Wildman–Crippen LogP) is 2.80. The van der Waals surface area contributed by atoms with Crippen molar-refractivity contribution in [3.63, 3.8) is 0 Å². The van der Waals surface area contributed by atoms with Crippen LogP contribution in [0, 0.1) is 17.0 Å². The molecule has 0 amide bonds. The van der Waals surface area contributed by atoms with Gasteiger partial charge in [-0.15, -0.1) is 0 Å². The van der Waals surface area contributed by atoms with Crippen LogP contribution in [0.2, 0.25) is 0 Å². The lowest BCUT2D eigenvalue weighted by Crippen LogP contribution is -1.92. The molecule has 2 heterocycles. The van der Waals surface area contributed by atoms with Crippen molar-refractivity contribution in [3.05, 3.63) is 58.5 Å². The zero-order chi connectivity index (χ0) is 14.3. The van der Waals surface area contributed by atoms with Gasteiger partial charge in [0.2, 0.25) is 5.82 Å². The number of anilines is 1. The maximum atomic E-state index is 11.2. The minimum atomic E-state index is -0.455. The van der Waals surface area contributed by atoms with E-state index in [1.165, 1.54) is 0 Å². The maximum absolute atomic E-state index is 11.2. The summed E-state index contributed by atoms with van der Waals surface area (Å²) in [5.74, 6) is 0.457. The molecule has 0 atom stereocenters. The molecular formula is C14H12N4O2. The van der Waals surface area contributed by atoms with Crippen LogP contribution < -0.4 is 5.73 Å². The van der Waals surface area contributed by atoms with Gasteiger partial charge in [-0.2, -0.15) is 0 Å². The van der Waals surface area contributed by atoms with Gasteiger partial charge in [0, 0.05) is 24.4 Å². The van der Waals surface area contributed by atoms with Gasteiger partial charge in [0.1, 0.15) is 0 Å². The number of pyridine rings is 1. The van der Waals surface area contributed by atoms with Gasteiger partial charge in [0.15, 0.2) is 5.52 Å². The van der Waals surface area contributed by atoms with E-state index in [0.29, 0.717) is 17.0 Å². The third-order valence-electron chi connectivity index (χ3n) is 3.22. The molecule has 100 valence electrons. The van der Waals surface area contributed by atoms with Gasteiger partial charge in [-0.25, -0.2) is 0 Å². The number of aromatic nitrogens is 2. The minimum Gasteiger partial charge on any atom is -0.399 e. The van der Waals surface area contributed by atoms with Gasteiger partial charge < -0.3 is 15.8 Å². The molecule has 0 aliphatic heterocycles. The highest BCUT2D eigenvalue weighted by atomic mass is 16.6. The van der Waals surface area contributed by atoms with Gasteiger partial charge in [0.25, 0.3) is 0 Å². The molecule has 1 aromatic carbocycles. The van der Waals surface area contributed by atoms with E-state index < -0.39 is 4.92 Å². The molecule has 6 heteroatoms. The maximum Gasteiger partial charge on any atom is 0.390 e. The van der Waals surface area contributed by atoms with E-state index in [1.807, 2.05) is 24.3 Å². The number of hydrogen-bond donors (Lipinski definition) is 1. The summed E-state index contributed by atoms with van der Waals surface area (Å²) < 4.78 is 1.73. The topological polar surface area (TPSA) is 86.5 Å². The zero-order valence-corrected chi connectivity index (χ0v) is 10.8. The average molecular weight is 268 g/mol. The summed E-state index contributed by atoms with van der Waals surface area (Å²) in [7, 11) is 0. The molecule has 3 rings (SSSR count). The van der Waals surface area contributed by atoms with E-state index >= 15 is 0 Å². The van der Waals surface area contributed by atoms with E-state index in [-0.39, 0.29) is 5.82 Å². The van der Waals surface area contributed by atoms with Crippen molar-refractivity contribution in [1.82, 2.24) is 9.38 Å². The Labute approximate surface area is 114 Å². The largest absolute Gasteiger partial charge is 0.399 e. The summed E-state index contributed by atoms with van der Waals surface area (Å²) in [4.78, 5) is 14.8. The standard InChI is InChI=1S/C14H12N4O2/c1-9-16-14(18(19)20)13-12(3-2-8-17(9)13)10-4-6-11(15)7-5-10/h2-8H,15H2,1H3. The molecule has 0 radical (unpaired) electrons. The number of nitrogens with two attached hydrogens (primary N) is 1. The highest BCUT2D eigenvalue weighted by molar-refractivity contribution is 5.86. The third kappa shape index (κ3) is 1.78. The van der Waals surface area contributed by atoms with Crippen molar-refractivity contribution in [1.29, 1.82) is 0 Å². The molecule has 0 aliphatic rings. The van der Waals surface area contributed by atoms with Crippen LogP contribution >= 0.6 is 0 Å². The highest BCUT2D eigenvalue weighted by Gasteiger charge is 2.22. The number of rotatable bonds is 2. The fourth-order valence-corrected chi connectivity index (χ4v) is 2.29. The first-order valence-corrected chi connectivity index (χ1v) is 6.06. The second kappa shape index (κ2) is 4.34. The first-order chi connectivity index (χ1) is 9.58. The summed E-state index contributed by atoms with van der Waals surface area (Å²) in [6, 6.07) is 10.9. The van der Waals surface area contributed by atoms with Gasteiger partial charge in [-0.1, -0.05) is 18.2 Å². The van der Waals surface area contributed by atoms with Crippen LogP contribution in [0.25, 0.3) is 16.6 Å². The molecule has 2 aromatic heterocycles. The molecule has 0 saturated heterocycles. The smallest absolute Gasteiger partial charge is 0.390 e. The van der Waals surface area contributed by atoms with Gasteiger partial charge >= 0.3 is 5.82 Å². The van der Waals surface area contributed by atoms with E-state index in [1.54, 1.807) is 29.7 Å². The van der Waals surface area contributed by atoms with Gasteiger partial charge in [0.05, 0.1) is 0 Å². The Kier molecular flexibility index (Phi) is 2.64. The van der Waals surface area contributed by atoms with Crippen LogP contribution in [-0.4, -0.2) is 14.3 Å². The first kappa shape index (κ1) is 12.2. The molecule has 6 nitrogen and oxygen atoms in total. The van der Waals surface area contributed by atoms with Crippen molar-refractivity contribution in [2.24, 2.45) is 0 Å². The molecular weight excluding hydrogens is 256 g/mol. The van der Waals surface area contributed by atoms with Crippen LogP contribution in [0.3, 0.4) is 0 Å². The lowest BCUT2D eigenvalue weighted by atomic mass is 10.1. The lowest BCUT2D eigenvalue weighted by molar-refractivity contribution is -0.387. The fourth-order valence-electron chi connectivity index (χ4n) is 2.29. The Morgan fingerprint density at radius 3 is 2.60 bits per heavy atom.